The van der Waals surface area contributed by atoms with Gasteiger partial charge in [0.25, 0.3) is 5.54 Å². The molecule has 2 atom stereocenters. The van der Waals surface area contributed by atoms with E-state index >= 15 is 0 Å². The number of carbonyl (C=O) groups is 1. The van der Waals surface area contributed by atoms with E-state index in [4.69, 9.17) is 5.11 Å². The molecule has 0 radical (unpaired) electrons. The monoisotopic (exact) mass is 369 g/mol. The molecule has 0 unspecified atom stereocenters. The molecule has 140 valence electrons. The predicted molar refractivity (Wildman–Crippen MR) is 72.9 cm³/mol. The van der Waals surface area contributed by atoms with Crippen LogP contribution in [0.15, 0.2) is 11.8 Å². The number of carboxylic acids is 1. The third kappa shape index (κ3) is 3.97. The van der Waals surface area contributed by atoms with Gasteiger partial charge in [-0.3, -0.25) is 29.9 Å². The molecule has 1 N–H and O–H groups in total. The zero-order valence-corrected chi connectivity index (χ0v) is 12.7. The van der Waals surface area contributed by atoms with Crippen molar-refractivity contribution in [3.05, 3.63) is 32.1 Å². The van der Waals surface area contributed by atoms with E-state index in [1.807, 2.05) is 0 Å². The van der Waals surface area contributed by atoms with E-state index in [1.54, 1.807) is 0 Å². The molecule has 1 aliphatic carbocycles. The summed E-state index contributed by atoms with van der Waals surface area (Å²) < 4.78 is 41.5. The van der Waals surface area contributed by atoms with Crippen LogP contribution in [0.2, 0.25) is 0 Å². The van der Waals surface area contributed by atoms with E-state index in [-0.39, 0.29) is 0 Å². The highest BCUT2D eigenvalue weighted by Gasteiger charge is 2.64. The SMILES string of the molecule is O=C(O)CN1C[C@@]2([N+](=O)[O-])C=C(OCC(F)(F)F)C[C@@]([N+](=O)[O-])(C1)C2. The summed E-state index contributed by atoms with van der Waals surface area (Å²) in [5.74, 6) is -1.80. The van der Waals surface area contributed by atoms with Crippen LogP contribution < -0.4 is 0 Å². The summed E-state index contributed by atoms with van der Waals surface area (Å²) in [6.07, 6.45) is -4.99. The summed E-state index contributed by atoms with van der Waals surface area (Å²) in [6, 6.07) is 0. The van der Waals surface area contributed by atoms with Crippen LogP contribution in [0.1, 0.15) is 12.8 Å². The average molecular weight is 369 g/mol. The van der Waals surface area contributed by atoms with Crippen molar-refractivity contribution in [1.29, 1.82) is 0 Å². The lowest BCUT2D eigenvalue weighted by molar-refractivity contribution is -0.620. The highest BCUT2D eigenvalue weighted by molar-refractivity contribution is 5.69. The van der Waals surface area contributed by atoms with E-state index in [9.17, 15) is 38.2 Å². The minimum Gasteiger partial charge on any atom is -0.488 e. The van der Waals surface area contributed by atoms with Crippen molar-refractivity contribution in [2.45, 2.75) is 30.1 Å². The largest absolute Gasteiger partial charge is 0.488 e. The number of likely N-dealkylation sites (tertiary alicyclic amines) is 1. The normalized spacial score (nSPS) is 29.6. The molecule has 2 bridgehead atoms. The van der Waals surface area contributed by atoms with E-state index < -0.39 is 77.9 Å². The van der Waals surface area contributed by atoms with E-state index in [1.165, 1.54) is 0 Å². The van der Waals surface area contributed by atoms with Crippen LogP contribution in [-0.4, -0.2) is 69.3 Å². The molecule has 2 aliphatic rings. The van der Waals surface area contributed by atoms with Gasteiger partial charge < -0.3 is 9.84 Å². The second-order valence-corrected chi connectivity index (χ2v) is 6.25. The molecule has 1 heterocycles. The smallest absolute Gasteiger partial charge is 0.422 e. The van der Waals surface area contributed by atoms with Crippen LogP contribution >= 0.6 is 0 Å². The maximum absolute atomic E-state index is 12.3. The molecule has 0 aromatic rings. The Balaban J connectivity index is 2.41. The van der Waals surface area contributed by atoms with Gasteiger partial charge >= 0.3 is 12.1 Å². The zero-order valence-electron chi connectivity index (χ0n) is 12.7. The first-order valence-corrected chi connectivity index (χ1v) is 7.02. The van der Waals surface area contributed by atoms with Crippen molar-refractivity contribution < 1.29 is 37.7 Å². The first-order chi connectivity index (χ1) is 11.4. The molecule has 0 aromatic carbocycles. The third-order valence-electron chi connectivity index (χ3n) is 4.11. The Morgan fingerprint density at radius 1 is 1.32 bits per heavy atom. The van der Waals surface area contributed by atoms with Crippen molar-refractivity contribution in [1.82, 2.24) is 4.90 Å². The van der Waals surface area contributed by atoms with Gasteiger partial charge in [-0.25, -0.2) is 0 Å². The average Bonchev–Trinajstić information content (AvgIpc) is 2.42. The highest BCUT2D eigenvalue weighted by Crippen LogP contribution is 2.43. The molecule has 10 nitrogen and oxygen atoms in total. The summed E-state index contributed by atoms with van der Waals surface area (Å²) in [6.45, 7) is -3.29. The summed E-state index contributed by atoms with van der Waals surface area (Å²) in [5, 5.41) is 31.9. The Morgan fingerprint density at radius 2 is 1.96 bits per heavy atom. The fraction of sp³-hybridized carbons (Fsp3) is 0.750. The number of ether oxygens (including phenoxy) is 1. The third-order valence-corrected chi connectivity index (χ3v) is 4.11. The van der Waals surface area contributed by atoms with Gasteiger partial charge in [-0.05, 0) is 0 Å². The lowest BCUT2D eigenvalue weighted by Crippen LogP contribution is -2.67. The number of rotatable bonds is 6. The van der Waals surface area contributed by atoms with Gasteiger partial charge in [-0.1, -0.05) is 0 Å². The minimum atomic E-state index is -4.70. The summed E-state index contributed by atoms with van der Waals surface area (Å²) in [7, 11) is 0. The number of fused-ring (bicyclic) bond motifs is 2. The number of halogens is 3. The lowest BCUT2D eigenvalue weighted by Gasteiger charge is -2.44. The van der Waals surface area contributed by atoms with Crippen molar-refractivity contribution in [2.24, 2.45) is 0 Å². The van der Waals surface area contributed by atoms with Crippen molar-refractivity contribution in [3.8, 4) is 0 Å². The van der Waals surface area contributed by atoms with Crippen LogP contribution in [0.25, 0.3) is 0 Å². The van der Waals surface area contributed by atoms with E-state index in [2.05, 4.69) is 4.74 Å². The molecular weight excluding hydrogens is 355 g/mol. The molecule has 1 fully saturated rings. The molecule has 25 heavy (non-hydrogen) atoms. The van der Waals surface area contributed by atoms with Crippen molar-refractivity contribution in [3.63, 3.8) is 0 Å². The molecule has 0 amide bonds. The summed E-state index contributed by atoms with van der Waals surface area (Å²) >= 11 is 0. The number of hydrogen-bond donors (Lipinski definition) is 1. The van der Waals surface area contributed by atoms with E-state index in [0.29, 0.717) is 0 Å². The standard InChI is InChI=1S/C12H14F3N3O7/c13-12(14,15)7-25-8-1-10(17(21)22)4-11(2-8,18(23)24)6-16(5-10)3-9(19)20/h1H,2-7H2,(H,19,20)/t10-,11+/m1/s1. The van der Waals surface area contributed by atoms with Gasteiger partial charge in [0.1, 0.15) is 5.76 Å². The summed E-state index contributed by atoms with van der Waals surface area (Å²) in [5.41, 5.74) is -4.07. The molecule has 1 saturated heterocycles. The topological polar surface area (TPSA) is 136 Å². The highest BCUT2D eigenvalue weighted by atomic mass is 19.4. The Bertz CT molecular complexity index is 638. The van der Waals surface area contributed by atoms with Gasteiger partial charge in [-0.2, -0.15) is 13.2 Å². The quantitative estimate of drug-likeness (QED) is 0.533. The maximum Gasteiger partial charge on any atom is 0.422 e. The molecule has 0 spiro atoms. The Labute approximate surface area is 138 Å². The van der Waals surface area contributed by atoms with Crippen LogP contribution in [0.4, 0.5) is 13.2 Å². The van der Waals surface area contributed by atoms with Crippen LogP contribution in [0.3, 0.4) is 0 Å². The second kappa shape index (κ2) is 6.13. The molecular formula is C12H14F3N3O7. The Morgan fingerprint density at radius 3 is 2.44 bits per heavy atom. The lowest BCUT2D eigenvalue weighted by atomic mass is 9.71. The number of nitro groups is 2. The van der Waals surface area contributed by atoms with Gasteiger partial charge in [0, 0.05) is 15.9 Å². The fourth-order valence-electron chi connectivity index (χ4n) is 3.36. The van der Waals surface area contributed by atoms with Crippen LogP contribution in [-0.2, 0) is 9.53 Å². The zero-order chi connectivity index (χ0) is 19.0. The fourth-order valence-corrected chi connectivity index (χ4v) is 3.36. The molecule has 2 rings (SSSR count). The van der Waals surface area contributed by atoms with Crippen LogP contribution in [0, 0.1) is 20.2 Å². The molecule has 1 aliphatic heterocycles. The number of nitrogens with zero attached hydrogens (tertiary/aromatic N) is 3. The second-order valence-electron chi connectivity index (χ2n) is 6.25. The van der Waals surface area contributed by atoms with E-state index in [0.717, 1.165) is 11.0 Å². The van der Waals surface area contributed by atoms with Gasteiger partial charge in [0.2, 0.25) is 5.54 Å². The van der Waals surface area contributed by atoms with Gasteiger partial charge in [-0.15, -0.1) is 0 Å². The van der Waals surface area contributed by atoms with Crippen LogP contribution in [0.5, 0.6) is 0 Å². The van der Waals surface area contributed by atoms with Crippen molar-refractivity contribution >= 4 is 5.97 Å². The molecule has 0 aromatic heterocycles. The number of carboxylic acid groups (broad SMARTS) is 1. The summed E-state index contributed by atoms with van der Waals surface area (Å²) in [4.78, 5) is 33.3. The Hall–Kier alpha value is -2.44. The molecule has 0 saturated carbocycles. The first-order valence-electron chi connectivity index (χ1n) is 7.02. The van der Waals surface area contributed by atoms with Crippen molar-refractivity contribution in [2.75, 3.05) is 26.2 Å². The van der Waals surface area contributed by atoms with Gasteiger partial charge in [0.05, 0.1) is 32.5 Å². The number of piperidine rings is 1. The minimum absolute atomic E-state index is 0.436. The Kier molecular flexibility index (Phi) is 4.63. The number of aliphatic carboxylic acids is 1. The molecule has 13 heteroatoms. The van der Waals surface area contributed by atoms with Gasteiger partial charge in [0.15, 0.2) is 6.61 Å². The first kappa shape index (κ1) is 18.9. The number of hydrogen-bond acceptors (Lipinski definition) is 7. The predicted octanol–water partition coefficient (Wildman–Crippen LogP) is 0.674. The number of alkyl halides is 3. The maximum atomic E-state index is 12.3.